The van der Waals surface area contributed by atoms with Gasteiger partial charge >= 0.3 is 0 Å². The second-order valence-electron chi connectivity index (χ2n) is 6.71. The molecule has 2 fully saturated rings. The zero-order valence-electron chi connectivity index (χ0n) is 12.8. The first-order chi connectivity index (χ1) is 11.1. The van der Waals surface area contributed by atoms with E-state index in [1.807, 2.05) is 24.3 Å². The molecule has 23 heavy (non-hydrogen) atoms. The molecule has 2 aromatic rings. The van der Waals surface area contributed by atoms with Crippen LogP contribution in [0.2, 0.25) is 5.02 Å². The molecule has 1 aromatic heterocycles. The highest BCUT2D eigenvalue weighted by Gasteiger charge is 2.58. The molecule has 1 heterocycles. The Morgan fingerprint density at radius 2 is 2.04 bits per heavy atom. The monoisotopic (exact) mass is 330 g/mol. The minimum absolute atomic E-state index is 0.0798. The summed E-state index contributed by atoms with van der Waals surface area (Å²) >= 11 is 5.88. The smallest absolute Gasteiger partial charge is 0.248 e. The fraction of sp³-hybridized carbons (Fsp3) is 0.471. The highest BCUT2D eigenvalue weighted by atomic mass is 35.5. The quantitative estimate of drug-likeness (QED) is 0.933. The summed E-state index contributed by atoms with van der Waals surface area (Å²) in [5.41, 5.74) is 1.39. The summed E-state index contributed by atoms with van der Waals surface area (Å²) in [6, 6.07) is 7.61. The molecule has 2 aliphatic carbocycles. The third kappa shape index (κ3) is 2.98. The lowest BCUT2D eigenvalue weighted by Gasteiger charge is -2.06. The fourth-order valence-electron chi connectivity index (χ4n) is 3.75. The first-order valence-electron chi connectivity index (χ1n) is 8.09. The van der Waals surface area contributed by atoms with Gasteiger partial charge in [-0.3, -0.25) is 10.1 Å². The number of amides is 1. The van der Waals surface area contributed by atoms with Gasteiger partial charge in [0.05, 0.1) is 6.54 Å². The second kappa shape index (κ2) is 5.64. The topological polar surface area (TPSA) is 59.8 Å². The van der Waals surface area contributed by atoms with Gasteiger partial charge in [-0.05, 0) is 42.4 Å². The van der Waals surface area contributed by atoms with Crippen LogP contribution in [0.4, 0.5) is 5.95 Å². The van der Waals surface area contributed by atoms with Gasteiger partial charge in [-0.1, -0.05) is 36.6 Å². The van der Waals surface area contributed by atoms with Gasteiger partial charge in [-0.15, -0.1) is 5.10 Å². The summed E-state index contributed by atoms with van der Waals surface area (Å²) in [7, 11) is 0. The van der Waals surface area contributed by atoms with Gasteiger partial charge in [0.2, 0.25) is 11.9 Å². The molecule has 5 nitrogen and oxygen atoms in total. The maximum atomic E-state index is 12.3. The lowest BCUT2D eigenvalue weighted by Crippen LogP contribution is -2.18. The zero-order valence-corrected chi connectivity index (χ0v) is 13.6. The van der Waals surface area contributed by atoms with E-state index in [1.54, 1.807) is 11.0 Å². The molecule has 1 atom stereocenters. The van der Waals surface area contributed by atoms with Gasteiger partial charge in [0.1, 0.15) is 6.33 Å². The number of aromatic nitrogens is 3. The summed E-state index contributed by atoms with van der Waals surface area (Å²) in [6.45, 7) is 0.605. The highest BCUT2D eigenvalue weighted by Crippen LogP contribution is 2.62. The average molecular weight is 331 g/mol. The first kappa shape index (κ1) is 14.7. The van der Waals surface area contributed by atoms with Crippen molar-refractivity contribution in [3.63, 3.8) is 0 Å². The predicted octanol–water partition coefficient (Wildman–Crippen LogP) is 3.50. The maximum absolute atomic E-state index is 12.3. The Labute approximate surface area is 140 Å². The molecule has 6 heteroatoms. The van der Waals surface area contributed by atoms with Gasteiger partial charge in [0, 0.05) is 10.9 Å². The SMILES string of the molecule is O=C(Nc1ncn(Cc2ccc(Cl)cc2)n1)C1CC12CCCC2. The van der Waals surface area contributed by atoms with Gasteiger partial charge in [0.15, 0.2) is 0 Å². The third-order valence-electron chi connectivity index (χ3n) is 5.13. The molecule has 120 valence electrons. The Morgan fingerprint density at radius 3 is 2.78 bits per heavy atom. The standard InChI is InChI=1S/C17H19ClN4O/c18-13-5-3-12(4-6-13)10-22-11-19-16(21-22)20-15(23)14-9-17(14)7-1-2-8-17/h3-6,11,14H,1-2,7-10H2,(H,20,21,23). The van der Waals surface area contributed by atoms with E-state index in [2.05, 4.69) is 15.4 Å². The molecule has 1 aromatic carbocycles. The van der Waals surface area contributed by atoms with Gasteiger partial charge in [-0.25, -0.2) is 9.67 Å². The van der Waals surface area contributed by atoms with Crippen molar-refractivity contribution in [1.29, 1.82) is 0 Å². The van der Waals surface area contributed by atoms with Crippen LogP contribution < -0.4 is 5.32 Å². The lowest BCUT2D eigenvalue weighted by atomic mass is 10.0. The number of hydrogen-bond acceptors (Lipinski definition) is 3. The molecule has 1 amide bonds. The van der Waals surface area contributed by atoms with Gasteiger partial charge in [-0.2, -0.15) is 0 Å². The number of hydrogen-bond donors (Lipinski definition) is 1. The largest absolute Gasteiger partial charge is 0.293 e. The van der Waals surface area contributed by atoms with Gasteiger partial charge in [0.25, 0.3) is 0 Å². The molecular weight excluding hydrogens is 312 g/mol. The van der Waals surface area contributed by atoms with Crippen LogP contribution in [0.25, 0.3) is 0 Å². The summed E-state index contributed by atoms with van der Waals surface area (Å²) in [6.07, 6.45) is 7.59. The van der Waals surface area contributed by atoms with Crippen molar-refractivity contribution in [3.05, 3.63) is 41.2 Å². The van der Waals surface area contributed by atoms with Crippen LogP contribution in [0.15, 0.2) is 30.6 Å². The van der Waals surface area contributed by atoms with Crippen LogP contribution in [-0.4, -0.2) is 20.7 Å². The maximum Gasteiger partial charge on any atom is 0.248 e. The van der Waals surface area contributed by atoms with E-state index in [4.69, 9.17) is 11.6 Å². The van der Waals surface area contributed by atoms with E-state index in [-0.39, 0.29) is 11.8 Å². The average Bonchev–Trinajstić information content (AvgIpc) is 2.84. The van der Waals surface area contributed by atoms with Crippen LogP contribution in [0, 0.1) is 11.3 Å². The summed E-state index contributed by atoms with van der Waals surface area (Å²) < 4.78 is 1.72. The third-order valence-corrected chi connectivity index (χ3v) is 5.39. The van der Waals surface area contributed by atoms with E-state index in [9.17, 15) is 4.79 Å². The summed E-state index contributed by atoms with van der Waals surface area (Å²) in [5, 5.41) is 7.91. The first-order valence-corrected chi connectivity index (χ1v) is 8.47. The van der Waals surface area contributed by atoms with E-state index < -0.39 is 0 Å². The molecule has 1 unspecified atom stereocenters. The van der Waals surface area contributed by atoms with Crippen molar-refractivity contribution in [2.45, 2.75) is 38.6 Å². The van der Waals surface area contributed by atoms with Crippen molar-refractivity contribution < 1.29 is 4.79 Å². The molecule has 1 spiro atoms. The summed E-state index contributed by atoms with van der Waals surface area (Å²) in [4.78, 5) is 16.5. The Hall–Kier alpha value is -1.88. The molecular formula is C17H19ClN4O. The number of rotatable bonds is 4. The Morgan fingerprint density at radius 1 is 1.30 bits per heavy atom. The number of nitrogens with one attached hydrogen (secondary N) is 1. The number of halogens is 1. The lowest BCUT2D eigenvalue weighted by molar-refractivity contribution is -0.118. The van der Waals surface area contributed by atoms with Crippen molar-refractivity contribution in [2.24, 2.45) is 11.3 Å². The van der Waals surface area contributed by atoms with Crippen LogP contribution >= 0.6 is 11.6 Å². The van der Waals surface area contributed by atoms with E-state index in [0.29, 0.717) is 22.9 Å². The summed E-state index contributed by atoms with van der Waals surface area (Å²) in [5.74, 6) is 0.633. The van der Waals surface area contributed by atoms with E-state index in [0.717, 1.165) is 12.0 Å². The molecule has 2 aliphatic rings. The molecule has 0 radical (unpaired) electrons. The minimum Gasteiger partial charge on any atom is -0.293 e. The van der Waals surface area contributed by atoms with Crippen LogP contribution in [0.3, 0.4) is 0 Å². The number of anilines is 1. The normalized spacial score (nSPS) is 21.5. The van der Waals surface area contributed by atoms with Crippen molar-refractivity contribution >= 4 is 23.5 Å². The van der Waals surface area contributed by atoms with Crippen LogP contribution in [-0.2, 0) is 11.3 Å². The number of carbonyl (C=O) groups is 1. The molecule has 2 saturated carbocycles. The molecule has 1 N–H and O–H groups in total. The number of benzene rings is 1. The Bertz CT molecular complexity index is 718. The van der Waals surface area contributed by atoms with Crippen LogP contribution in [0.5, 0.6) is 0 Å². The Kier molecular flexibility index (Phi) is 3.60. The predicted molar refractivity (Wildman–Crippen MR) is 88.2 cm³/mol. The van der Waals surface area contributed by atoms with E-state index in [1.165, 1.54) is 25.7 Å². The number of carbonyl (C=O) groups excluding carboxylic acids is 1. The molecule has 0 bridgehead atoms. The van der Waals surface area contributed by atoms with Crippen LogP contribution in [0.1, 0.15) is 37.7 Å². The zero-order chi connectivity index (χ0) is 15.9. The Balaban J connectivity index is 1.36. The minimum atomic E-state index is 0.0798. The fourth-order valence-corrected chi connectivity index (χ4v) is 3.88. The molecule has 4 rings (SSSR count). The van der Waals surface area contributed by atoms with E-state index >= 15 is 0 Å². The van der Waals surface area contributed by atoms with Crippen molar-refractivity contribution in [3.8, 4) is 0 Å². The van der Waals surface area contributed by atoms with Gasteiger partial charge < -0.3 is 0 Å². The second-order valence-corrected chi connectivity index (χ2v) is 7.14. The molecule has 0 saturated heterocycles. The number of nitrogens with zero attached hydrogens (tertiary/aromatic N) is 3. The van der Waals surface area contributed by atoms with Crippen molar-refractivity contribution in [1.82, 2.24) is 14.8 Å². The highest BCUT2D eigenvalue weighted by molar-refractivity contribution is 6.30. The molecule has 0 aliphatic heterocycles. The van der Waals surface area contributed by atoms with Crippen molar-refractivity contribution in [2.75, 3.05) is 5.32 Å².